The molecule has 0 atom stereocenters. The number of ether oxygens (including phenoxy) is 1. The number of hydrogen-bond donors (Lipinski definition) is 1. The Bertz CT molecular complexity index is 621. The highest BCUT2D eigenvalue weighted by molar-refractivity contribution is 5.48. The number of benzene rings is 1. The summed E-state index contributed by atoms with van der Waals surface area (Å²) in [6, 6.07) is 12.0. The molecule has 1 saturated carbocycles. The molecule has 1 heterocycles. The number of aromatic nitrogens is 2. The maximum atomic E-state index is 5.71. The van der Waals surface area contributed by atoms with Gasteiger partial charge in [-0.25, -0.2) is 4.98 Å². The third-order valence-corrected chi connectivity index (χ3v) is 3.36. The Hall–Kier alpha value is -2.36. The van der Waals surface area contributed by atoms with Crippen LogP contribution in [0, 0.1) is 0 Å². The molecule has 0 unspecified atom stereocenters. The van der Waals surface area contributed by atoms with Crippen LogP contribution in [-0.2, 0) is 0 Å². The summed E-state index contributed by atoms with van der Waals surface area (Å²) in [6.07, 6.45) is 6.40. The predicted octanol–water partition coefficient (Wildman–Crippen LogP) is 3.49. The molecule has 108 valence electrons. The van der Waals surface area contributed by atoms with Crippen molar-refractivity contribution in [3.8, 4) is 5.88 Å². The molecule has 21 heavy (non-hydrogen) atoms. The van der Waals surface area contributed by atoms with E-state index < -0.39 is 0 Å². The average Bonchev–Trinajstić information content (AvgIpc) is 3.37. The van der Waals surface area contributed by atoms with Crippen molar-refractivity contribution >= 4 is 11.9 Å². The lowest BCUT2D eigenvalue weighted by Gasteiger charge is -2.07. The quantitative estimate of drug-likeness (QED) is 0.880. The van der Waals surface area contributed by atoms with Gasteiger partial charge in [-0.3, -0.25) is 0 Å². The summed E-state index contributed by atoms with van der Waals surface area (Å²) in [6.45, 7) is 0.499. The van der Waals surface area contributed by atoms with E-state index in [0.717, 1.165) is 11.6 Å². The van der Waals surface area contributed by atoms with Crippen LogP contribution < -0.4 is 10.1 Å². The Labute approximate surface area is 124 Å². The van der Waals surface area contributed by atoms with E-state index in [1.807, 2.05) is 43.5 Å². The largest absolute Gasteiger partial charge is 0.473 e. The fourth-order valence-corrected chi connectivity index (χ4v) is 2.05. The molecule has 0 radical (unpaired) electrons. The number of nitrogens with zero attached hydrogens (tertiary/aromatic N) is 2. The van der Waals surface area contributed by atoms with E-state index in [-0.39, 0.29) is 0 Å². The van der Waals surface area contributed by atoms with Crippen LogP contribution in [-0.4, -0.2) is 23.6 Å². The lowest BCUT2D eigenvalue weighted by molar-refractivity contribution is 0.347. The van der Waals surface area contributed by atoms with Gasteiger partial charge in [-0.1, -0.05) is 36.4 Å². The summed E-state index contributed by atoms with van der Waals surface area (Å²) in [4.78, 5) is 8.95. The number of hydrogen-bond acceptors (Lipinski definition) is 4. The lowest BCUT2D eigenvalue weighted by atomic mass is 10.2. The molecule has 4 nitrogen and oxygen atoms in total. The highest BCUT2D eigenvalue weighted by atomic mass is 16.5. The van der Waals surface area contributed by atoms with E-state index in [4.69, 9.17) is 4.74 Å². The van der Waals surface area contributed by atoms with Crippen molar-refractivity contribution in [1.29, 1.82) is 0 Å². The Morgan fingerprint density at radius 2 is 2.05 bits per heavy atom. The van der Waals surface area contributed by atoms with E-state index in [9.17, 15) is 0 Å². The Balaban J connectivity index is 1.62. The minimum Gasteiger partial charge on any atom is -0.473 e. The molecule has 1 aliphatic rings. The first-order valence-corrected chi connectivity index (χ1v) is 7.26. The van der Waals surface area contributed by atoms with Gasteiger partial charge in [0.05, 0.1) is 0 Å². The van der Waals surface area contributed by atoms with Crippen molar-refractivity contribution in [1.82, 2.24) is 9.97 Å². The molecule has 0 saturated heterocycles. The van der Waals surface area contributed by atoms with Crippen LogP contribution in [0.5, 0.6) is 5.88 Å². The van der Waals surface area contributed by atoms with Gasteiger partial charge >= 0.3 is 0 Å². The smallest absolute Gasteiger partial charge is 0.219 e. The van der Waals surface area contributed by atoms with Gasteiger partial charge in [0.15, 0.2) is 0 Å². The molecule has 2 aromatic rings. The van der Waals surface area contributed by atoms with Crippen LogP contribution in [0.25, 0.3) is 6.08 Å². The third-order valence-electron chi connectivity index (χ3n) is 3.36. The van der Waals surface area contributed by atoms with Gasteiger partial charge in [0.25, 0.3) is 0 Å². The van der Waals surface area contributed by atoms with Crippen LogP contribution in [0.3, 0.4) is 0 Å². The molecule has 0 bridgehead atoms. The molecular formula is C17H19N3O. The molecule has 4 heteroatoms. The molecule has 1 aromatic carbocycles. The minimum absolute atomic E-state index is 0.499. The van der Waals surface area contributed by atoms with Crippen molar-refractivity contribution in [2.45, 2.75) is 18.8 Å². The fraction of sp³-hybridized carbons (Fsp3) is 0.294. The van der Waals surface area contributed by atoms with Crippen LogP contribution in [0.1, 0.15) is 30.1 Å². The number of rotatable bonds is 6. The topological polar surface area (TPSA) is 47.0 Å². The third kappa shape index (κ3) is 3.81. The van der Waals surface area contributed by atoms with Gasteiger partial charge in [-0.15, -0.1) is 0 Å². The maximum absolute atomic E-state index is 5.71. The lowest BCUT2D eigenvalue weighted by Crippen LogP contribution is -2.03. The van der Waals surface area contributed by atoms with E-state index in [1.165, 1.54) is 18.4 Å². The molecule has 1 fully saturated rings. The van der Waals surface area contributed by atoms with Crippen molar-refractivity contribution in [2.75, 3.05) is 19.0 Å². The zero-order chi connectivity index (χ0) is 14.5. The second-order valence-corrected chi connectivity index (χ2v) is 5.10. The first-order valence-electron chi connectivity index (χ1n) is 7.26. The first-order chi connectivity index (χ1) is 10.3. The van der Waals surface area contributed by atoms with Crippen molar-refractivity contribution < 1.29 is 4.74 Å². The van der Waals surface area contributed by atoms with Gasteiger partial charge in [0, 0.05) is 19.0 Å². The molecule has 3 rings (SSSR count). The van der Waals surface area contributed by atoms with Crippen LogP contribution >= 0.6 is 0 Å². The zero-order valence-electron chi connectivity index (χ0n) is 12.1. The van der Waals surface area contributed by atoms with Gasteiger partial charge in [-0.05, 0) is 24.5 Å². The number of anilines is 1. The van der Waals surface area contributed by atoms with Crippen LogP contribution in [0.15, 0.2) is 42.5 Å². The minimum atomic E-state index is 0.499. The predicted molar refractivity (Wildman–Crippen MR) is 84.5 cm³/mol. The standard InChI is InChI=1S/C17H19N3O/c1-18-15-12-16(20-17(19-15)14-9-10-14)21-11-5-8-13-6-3-2-4-7-13/h2-8,12,14H,9-11H2,1H3,(H,18,19,20)/b8-5+. The van der Waals surface area contributed by atoms with Crippen molar-refractivity contribution in [3.63, 3.8) is 0 Å². The summed E-state index contributed by atoms with van der Waals surface area (Å²) >= 11 is 0. The molecule has 0 spiro atoms. The first kappa shape index (κ1) is 13.6. The monoisotopic (exact) mass is 281 g/mol. The fourth-order valence-electron chi connectivity index (χ4n) is 2.05. The van der Waals surface area contributed by atoms with Gasteiger partial charge < -0.3 is 10.1 Å². The summed E-state index contributed by atoms with van der Waals surface area (Å²) in [5.41, 5.74) is 1.17. The van der Waals surface area contributed by atoms with Gasteiger partial charge in [0.1, 0.15) is 18.2 Å². The summed E-state index contributed by atoms with van der Waals surface area (Å²) in [5.74, 6) is 2.85. The van der Waals surface area contributed by atoms with Gasteiger partial charge in [0.2, 0.25) is 5.88 Å². The Morgan fingerprint density at radius 3 is 2.76 bits per heavy atom. The second-order valence-electron chi connectivity index (χ2n) is 5.10. The van der Waals surface area contributed by atoms with E-state index in [1.54, 1.807) is 0 Å². The Morgan fingerprint density at radius 1 is 1.24 bits per heavy atom. The molecule has 0 aliphatic heterocycles. The summed E-state index contributed by atoms with van der Waals surface area (Å²) in [5, 5.41) is 3.06. The van der Waals surface area contributed by atoms with Crippen molar-refractivity contribution in [2.24, 2.45) is 0 Å². The summed E-state index contributed by atoms with van der Waals surface area (Å²) in [7, 11) is 1.86. The molecule has 0 amide bonds. The number of nitrogens with one attached hydrogen (secondary N) is 1. The highest BCUT2D eigenvalue weighted by Gasteiger charge is 2.27. The van der Waals surface area contributed by atoms with Crippen molar-refractivity contribution in [3.05, 3.63) is 53.9 Å². The molecule has 1 aliphatic carbocycles. The summed E-state index contributed by atoms with van der Waals surface area (Å²) < 4.78 is 5.71. The normalized spacial score (nSPS) is 14.3. The molecular weight excluding hydrogens is 262 g/mol. The highest BCUT2D eigenvalue weighted by Crippen LogP contribution is 2.39. The van der Waals surface area contributed by atoms with E-state index >= 15 is 0 Å². The van der Waals surface area contributed by atoms with E-state index in [0.29, 0.717) is 18.4 Å². The van der Waals surface area contributed by atoms with Crippen LogP contribution in [0.2, 0.25) is 0 Å². The maximum Gasteiger partial charge on any atom is 0.219 e. The Kier molecular flexibility index (Phi) is 4.15. The second kappa shape index (κ2) is 6.39. The zero-order valence-corrected chi connectivity index (χ0v) is 12.1. The van der Waals surface area contributed by atoms with E-state index in [2.05, 4.69) is 27.4 Å². The molecule has 1 N–H and O–H groups in total. The van der Waals surface area contributed by atoms with Gasteiger partial charge in [-0.2, -0.15) is 4.98 Å². The average molecular weight is 281 g/mol. The molecule has 1 aromatic heterocycles. The SMILES string of the molecule is CNc1cc(OC/C=C/c2ccccc2)nc(C2CC2)n1. The van der Waals surface area contributed by atoms with Crippen LogP contribution in [0.4, 0.5) is 5.82 Å².